The summed E-state index contributed by atoms with van der Waals surface area (Å²) in [6, 6.07) is 6.05. The molecular formula is C21H34N4O3. The average Bonchev–Trinajstić information content (AvgIpc) is 2.67. The number of nitrogens with zero attached hydrogens (tertiary/aromatic N) is 2. The number of amides is 3. The number of ether oxygens (including phenoxy) is 1. The van der Waals surface area contributed by atoms with Gasteiger partial charge in [0.15, 0.2) is 0 Å². The standard InChI is InChI=1S/C21H34N4O3/c1-5-22-21(27)25(18-9-7-6-8-10-18)14-16-13-17(23-20(26)15-28-4)11-12-19(16)24(2)3/h11-13,18H,5-10,14-15H2,1-4H3,(H,22,27)(H,23,26). The quantitative estimate of drug-likeness (QED) is 0.715. The summed E-state index contributed by atoms with van der Waals surface area (Å²) in [5.41, 5.74) is 2.76. The molecule has 3 amide bonds. The van der Waals surface area contributed by atoms with Crippen LogP contribution in [0.5, 0.6) is 0 Å². The maximum Gasteiger partial charge on any atom is 0.317 e. The van der Waals surface area contributed by atoms with Crippen molar-refractivity contribution >= 4 is 23.3 Å². The van der Waals surface area contributed by atoms with E-state index in [1.807, 2.05) is 49.0 Å². The normalized spacial score (nSPS) is 14.4. The van der Waals surface area contributed by atoms with Crippen LogP contribution < -0.4 is 15.5 Å². The lowest BCUT2D eigenvalue weighted by Crippen LogP contribution is -2.46. The Kier molecular flexibility index (Phi) is 8.57. The summed E-state index contributed by atoms with van der Waals surface area (Å²) in [6.45, 7) is 3.07. The molecule has 0 bridgehead atoms. The number of rotatable bonds is 8. The fourth-order valence-corrected chi connectivity index (χ4v) is 3.75. The number of nitrogens with one attached hydrogen (secondary N) is 2. The van der Waals surface area contributed by atoms with Crippen LogP contribution in [0.1, 0.15) is 44.6 Å². The van der Waals surface area contributed by atoms with Gasteiger partial charge in [0.25, 0.3) is 0 Å². The first kappa shape index (κ1) is 22.0. The Labute approximate surface area is 168 Å². The van der Waals surface area contributed by atoms with Gasteiger partial charge >= 0.3 is 6.03 Å². The highest BCUT2D eigenvalue weighted by Crippen LogP contribution is 2.29. The first-order chi connectivity index (χ1) is 13.5. The predicted molar refractivity (Wildman–Crippen MR) is 113 cm³/mol. The zero-order valence-electron chi connectivity index (χ0n) is 17.6. The Bertz CT molecular complexity index is 657. The highest BCUT2D eigenvalue weighted by molar-refractivity contribution is 5.92. The van der Waals surface area contributed by atoms with Crippen molar-refractivity contribution in [3.05, 3.63) is 23.8 Å². The predicted octanol–water partition coefficient (Wildman–Crippen LogP) is 3.20. The van der Waals surface area contributed by atoms with Crippen molar-refractivity contribution < 1.29 is 14.3 Å². The van der Waals surface area contributed by atoms with E-state index in [0.29, 0.717) is 18.8 Å². The van der Waals surface area contributed by atoms with Gasteiger partial charge in [-0.2, -0.15) is 0 Å². The topological polar surface area (TPSA) is 73.9 Å². The molecule has 0 unspecified atom stereocenters. The summed E-state index contributed by atoms with van der Waals surface area (Å²) in [5, 5.41) is 5.82. The smallest absolute Gasteiger partial charge is 0.317 e. The first-order valence-corrected chi connectivity index (χ1v) is 10.1. The van der Waals surface area contributed by atoms with E-state index < -0.39 is 0 Å². The van der Waals surface area contributed by atoms with Gasteiger partial charge in [0.2, 0.25) is 5.91 Å². The van der Waals surface area contributed by atoms with Gasteiger partial charge in [0, 0.05) is 51.7 Å². The largest absolute Gasteiger partial charge is 0.377 e. The summed E-state index contributed by atoms with van der Waals surface area (Å²) in [4.78, 5) is 28.7. The Balaban J connectivity index is 2.28. The SMILES string of the molecule is CCNC(=O)N(Cc1cc(NC(=O)COC)ccc1N(C)C)C1CCCCC1. The molecule has 7 heteroatoms. The molecule has 7 nitrogen and oxygen atoms in total. The molecule has 1 fully saturated rings. The van der Waals surface area contributed by atoms with Gasteiger partial charge in [-0.1, -0.05) is 19.3 Å². The highest BCUT2D eigenvalue weighted by atomic mass is 16.5. The van der Waals surface area contributed by atoms with Gasteiger partial charge in [-0.05, 0) is 43.5 Å². The van der Waals surface area contributed by atoms with Crippen molar-refractivity contribution in [2.45, 2.75) is 51.6 Å². The van der Waals surface area contributed by atoms with Crippen molar-refractivity contribution in [1.82, 2.24) is 10.2 Å². The summed E-state index contributed by atoms with van der Waals surface area (Å²) < 4.78 is 4.89. The van der Waals surface area contributed by atoms with Crippen molar-refractivity contribution in [2.24, 2.45) is 0 Å². The van der Waals surface area contributed by atoms with Crippen LogP contribution in [0.15, 0.2) is 18.2 Å². The molecule has 1 aromatic carbocycles. The summed E-state index contributed by atoms with van der Waals surface area (Å²) in [6.07, 6.45) is 5.64. The maximum absolute atomic E-state index is 12.8. The molecule has 1 saturated carbocycles. The number of benzene rings is 1. The molecule has 0 aliphatic heterocycles. The molecule has 0 radical (unpaired) electrons. The molecule has 0 spiro atoms. The van der Waals surface area contributed by atoms with E-state index >= 15 is 0 Å². The molecule has 0 saturated heterocycles. The van der Waals surface area contributed by atoms with E-state index in [1.54, 1.807) is 0 Å². The molecule has 28 heavy (non-hydrogen) atoms. The van der Waals surface area contributed by atoms with Gasteiger partial charge in [-0.15, -0.1) is 0 Å². The minimum absolute atomic E-state index is 0.0118. The number of hydrogen-bond donors (Lipinski definition) is 2. The molecule has 1 aliphatic carbocycles. The Morgan fingerprint density at radius 1 is 1.18 bits per heavy atom. The second kappa shape index (κ2) is 10.9. The third-order valence-corrected chi connectivity index (χ3v) is 5.07. The van der Waals surface area contributed by atoms with Crippen molar-refractivity contribution in [3.8, 4) is 0 Å². The summed E-state index contributed by atoms with van der Waals surface area (Å²) in [5.74, 6) is -0.195. The molecule has 1 aliphatic rings. The van der Waals surface area contributed by atoms with Crippen LogP contribution in [-0.2, 0) is 16.1 Å². The summed E-state index contributed by atoms with van der Waals surface area (Å²) >= 11 is 0. The third kappa shape index (κ3) is 6.12. The van der Waals surface area contributed by atoms with Gasteiger partial charge in [0.1, 0.15) is 6.61 Å². The molecule has 0 atom stereocenters. The Morgan fingerprint density at radius 3 is 2.50 bits per heavy atom. The minimum atomic E-state index is -0.195. The van der Waals surface area contributed by atoms with E-state index in [2.05, 4.69) is 10.6 Å². The minimum Gasteiger partial charge on any atom is -0.377 e. The fraction of sp³-hybridized carbons (Fsp3) is 0.619. The zero-order valence-corrected chi connectivity index (χ0v) is 17.6. The van der Waals surface area contributed by atoms with E-state index in [9.17, 15) is 9.59 Å². The second-order valence-electron chi connectivity index (χ2n) is 7.47. The van der Waals surface area contributed by atoms with E-state index in [0.717, 1.165) is 36.9 Å². The summed E-state index contributed by atoms with van der Waals surface area (Å²) in [7, 11) is 5.46. The Hall–Kier alpha value is -2.28. The van der Waals surface area contributed by atoms with Crippen LogP contribution in [-0.4, -0.2) is 57.2 Å². The van der Waals surface area contributed by atoms with Crippen molar-refractivity contribution in [1.29, 1.82) is 0 Å². The second-order valence-corrected chi connectivity index (χ2v) is 7.47. The van der Waals surface area contributed by atoms with E-state index in [1.165, 1.54) is 13.5 Å². The highest BCUT2D eigenvalue weighted by Gasteiger charge is 2.26. The third-order valence-electron chi connectivity index (χ3n) is 5.07. The lowest BCUT2D eigenvalue weighted by atomic mass is 9.94. The van der Waals surface area contributed by atoms with E-state index in [-0.39, 0.29) is 24.6 Å². The lowest BCUT2D eigenvalue weighted by Gasteiger charge is -2.35. The number of carbonyl (C=O) groups is 2. The van der Waals surface area contributed by atoms with Crippen LogP contribution in [0.25, 0.3) is 0 Å². The van der Waals surface area contributed by atoms with Crippen LogP contribution in [0, 0.1) is 0 Å². The van der Waals surface area contributed by atoms with Crippen LogP contribution in [0.3, 0.4) is 0 Å². The fourth-order valence-electron chi connectivity index (χ4n) is 3.75. The molecule has 156 valence electrons. The molecule has 2 rings (SSSR count). The number of hydrogen-bond acceptors (Lipinski definition) is 4. The van der Waals surface area contributed by atoms with Gasteiger partial charge in [0.05, 0.1) is 0 Å². The maximum atomic E-state index is 12.8. The van der Waals surface area contributed by atoms with Gasteiger partial charge in [-0.3, -0.25) is 4.79 Å². The zero-order chi connectivity index (χ0) is 20.5. The van der Waals surface area contributed by atoms with Crippen LogP contribution >= 0.6 is 0 Å². The molecule has 0 aromatic heterocycles. The first-order valence-electron chi connectivity index (χ1n) is 10.1. The molecule has 1 aromatic rings. The van der Waals surface area contributed by atoms with E-state index in [4.69, 9.17) is 4.74 Å². The van der Waals surface area contributed by atoms with Gasteiger partial charge < -0.3 is 25.2 Å². The van der Waals surface area contributed by atoms with Crippen LogP contribution in [0.4, 0.5) is 16.2 Å². The number of urea groups is 1. The van der Waals surface area contributed by atoms with Gasteiger partial charge in [-0.25, -0.2) is 4.79 Å². The Morgan fingerprint density at radius 2 is 1.89 bits per heavy atom. The number of anilines is 2. The number of carbonyl (C=O) groups excluding carboxylic acids is 2. The van der Waals surface area contributed by atoms with Crippen molar-refractivity contribution in [3.63, 3.8) is 0 Å². The molecule has 0 heterocycles. The monoisotopic (exact) mass is 390 g/mol. The number of methoxy groups -OCH3 is 1. The van der Waals surface area contributed by atoms with Crippen molar-refractivity contribution in [2.75, 3.05) is 44.6 Å². The lowest BCUT2D eigenvalue weighted by molar-refractivity contribution is -0.119. The molecule has 2 N–H and O–H groups in total. The average molecular weight is 391 g/mol. The van der Waals surface area contributed by atoms with Crippen LogP contribution in [0.2, 0.25) is 0 Å². The molecular weight excluding hydrogens is 356 g/mol.